The maximum atomic E-state index is 11.7. The minimum absolute atomic E-state index is 0.196. The smallest absolute Gasteiger partial charge is 0.267 e. The molecule has 1 aromatic heterocycles. The molecule has 1 aliphatic rings. The van der Waals surface area contributed by atoms with Crippen LogP contribution in [0.25, 0.3) is 11.1 Å². The van der Waals surface area contributed by atoms with E-state index >= 15 is 0 Å². The molecule has 2 heterocycles. The number of aromatic nitrogens is 2. The summed E-state index contributed by atoms with van der Waals surface area (Å²) in [6.07, 6.45) is 0.955. The molecule has 0 atom stereocenters. The maximum absolute atomic E-state index is 11.7. The third-order valence-electron chi connectivity index (χ3n) is 3.29. The van der Waals surface area contributed by atoms with Gasteiger partial charge in [0.25, 0.3) is 5.56 Å². The second-order valence-corrected chi connectivity index (χ2v) is 5.13. The van der Waals surface area contributed by atoms with Gasteiger partial charge in [-0.1, -0.05) is 23.7 Å². The SMILES string of the molecule is Cn1nc(Cl)c(-c2ccc(C3=NCCCO3)cc2)cc1=O. The van der Waals surface area contributed by atoms with Gasteiger partial charge in [-0.2, -0.15) is 5.10 Å². The highest BCUT2D eigenvalue weighted by Crippen LogP contribution is 2.25. The molecule has 3 rings (SSSR count). The second-order valence-electron chi connectivity index (χ2n) is 4.78. The highest BCUT2D eigenvalue weighted by atomic mass is 35.5. The third kappa shape index (κ3) is 2.83. The summed E-state index contributed by atoms with van der Waals surface area (Å²) < 4.78 is 6.74. The van der Waals surface area contributed by atoms with E-state index in [0.29, 0.717) is 23.2 Å². The van der Waals surface area contributed by atoms with Gasteiger partial charge < -0.3 is 4.74 Å². The lowest BCUT2D eigenvalue weighted by molar-refractivity contribution is 0.284. The van der Waals surface area contributed by atoms with Crippen LogP contribution >= 0.6 is 11.6 Å². The average molecular weight is 304 g/mol. The maximum Gasteiger partial charge on any atom is 0.267 e. The molecular formula is C15H14ClN3O2. The summed E-state index contributed by atoms with van der Waals surface area (Å²) in [5.41, 5.74) is 2.19. The highest BCUT2D eigenvalue weighted by molar-refractivity contribution is 6.32. The molecule has 5 nitrogen and oxygen atoms in total. The highest BCUT2D eigenvalue weighted by Gasteiger charge is 2.11. The number of rotatable bonds is 2. The van der Waals surface area contributed by atoms with Crippen molar-refractivity contribution in [3.05, 3.63) is 51.4 Å². The van der Waals surface area contributed by atoms with Crippen molar-refractivity contribution >= 4 is 17.5 Å². The lowest BCUT2D eigenvalue weighted by Gasteiger charge is -2.14. The van der Waals surface area contributed by atoms with Crippen molar-refractivity contribution in [3.8, 4) is 11.1 Å². The van der Waals surface area contributed by atoms with Gasteiger partial charge in [0, 0.05) is 37.2 Å². The van der Waals surface area contributed by atoms with Crippen LogP contribution < -0.4 is 5.56 Å². The van der Waals surface area contributed by atoms with Gasteiger partial charge >= 0.3 is 0 Å². The van der Waals surface area contributed by atoms with E-state index in [1.54, 1.807) is 7.05 Å². The Hall–Kier alpha value is -2.14. The minimum Gasteiger partial charge on any atom is -0.477 e. The number of halogens is 1. The van der Waals surface area contributed by atoms with Gasteiger partial charge in [-0.25, -0.2) is 4.68 Å². The molecule has 2 aromatic rings. The molecule has 0 bridgehead atoms. The first-order valence-corrected chi connectivity index (χ1v) is 7.05. The largest absolute Gasteiger partial charge is 0.477 e. The molecule has 0 spiro atoms. The number of hydrogen-bond acceptors (Lipinski definition) is 4. The monoisotopic (exact) mass is 303 g/mol. The number of benzene rings is 1. The Morgan fingerprint density at radius 1 is 1.24 bits per heavy atom. The Morgan fingerprint density at radius 2 is 1.95 bits per heavy atom. The van der Waals surface area contributed by atoms with Gasteiger partial charge in [-0.15, -0.1) is 0 Å². The zero-order valence-electron chi connectivity index (χ0n) is 11.5. The van der Waals surface area contributed by atoms with E-state index in [1.807, 2.05) is 24.3 Å². The molecule has 1 aliphatic heterocycles. The van der Waals surface area contributed by atoms with E-state index in [0.717, 1.165) is 24.1 Å². The van der Waals surface area contributed by atoms with Crippen LogP contribution in [0.1, 0.15) is 12.0 Å². The lowest BCUT2D eigenvalue weighted by atomic mass is 10.1. The molecule has 0 saturated heterocycles. The molecule has 0 unspecified atom stereocenters. The lowest BCUT2D eigenvalue weighted by Crippen LogP contribution is -2.18. The van der Waals surface area contributed by atoms with Gasteiger partial charge in [0.05, 0.1) is 6.61 Å². The normalized spacial score (nSPS) is 14.5. The first-order valence-electron chi connectivity index (χ1n) is 6.67. The van der Waals surface area contributed by atoms with Crippen LogP contribution in [0.4, 0.5) is 0 Å². The predicted molar refractivity (Wildman–Crippen MR) is 81.9 cm³/mol. The van der Waals surface area contributed by atoms with Gasteiger partial charge in [0.2, 0.25) is 5.90 Å². The Balaban J connectivity index is 1.96. The van der Waals surface area contributed by atoms with Crippen LogP contribution in [-0.2, 0) is 11.8 Å². The van der Waals surface area contributed by atoms with Crippen molar-refractivity contribution in [2.24, 2.45) is 12.0 Å². The topological polar surface area (TPSA) is 56.5 Å². The molecule has 0 saturated carbocycles. The van der Waals surface area contributed by atoms with Crippen LogP contribution in [0.15, 0.2) is 40.1 Å². The van der Waals surface area contributed by atoms with E-state index in [-0.39, 0.29) is 5.56 Å². The van der Waals surface area contributed by atoms with E-state index in [2.05, 4.69) is 10.1 Å². The van der Waals surface area contributed by atoms with E-state index < -0.39 is 0 Å². The molecule has 0 N–H and O–H groups in total. The van der Waals surface area contributed by atoms with Gasteiger partial charge in [-0.05, 0) is 17.7 Å². The van der Waals surface area contributed by atoms with Crippen molar-refractivity contribution in [2.45, 2.75) is 6.42 Å². The van der Waals surface area contributed by atoms with Crippen molar-refractivity contribution in [1.82, 2.24) is 9.78 Å². The van der Waals surface area contributed by atoms with E-state index in [9.17, 15) is 4.79 Å². The third-order valence-corrected chi connectivity index (χ3v) is 3.57. The molecular weight excluding hydrogens is 290 g/mol. The van der Waals surface area contributed by atoms with Gasteiger partial charge in [0.15, 0.2) is 5.15 Å². The van der Waals surface area contributed by atoms with Crippen LogP contribution in [0.5, 0.6) is 0 Å². The zero-order valence-corrected chi connectivity index (χ0v) is 12.3. The van der Waals surface area contributed by atoms with Crippen LogP contribution in [0.3, 0.4) is 0 Å². The number of ether oxygens (including phenoxy) is 1. The summed E-state index contributed by atoms with van der Waals surface area (Å²) in [5, 5.41) is 4.28. The molecule has 0 radical (unpaired) electrons. The van der Waals surface area contributed by atoms with Crippen LogP contribution in [-0.4, -0.2) is 28.8 Å². The van der Waals surface area contributed by atoms with Crippen LogP contribution in [0, 0.1) is 0 Å². The minimum atomic E-state index is -0.196. The first kappa shape index (κ1) is 13.8. The van der Waals surface area contributed by atoms with E-state index in [4.69, 9.17) is 16.3 Å². The van der Waals surface area contributed by atoms with Crippen molar-refractivity contribution in [1.29, 1.82) is 0 Å². The molecule has 0 fully saturated rings. The summed E-state index contributed by atoms with van der Waals surface area (Å²) in [4.78, 5) is 16.0. The molecule has 0 amide bonds. The van der Waals surface area contributed by atoms with Crippen molar-refractivity contribution < 1.29 is 4.74 Å². The molecule has 6 heteroatoms. The summed E-state index contributed by atoms with van der Waals surface area (Å²) in [5.74, 6) is 0.668. The quantitative estimate of drug-likeness (QED) is 0.855. The number of hydrogen-bond donors (Lipinski definition) is 0. The summed E-state index contributed by atoms with van der Waals surface area (Å²) in [7, 11) is 1.57. The number of nitrogens with zero attached hydrogens (tertiary/aromatic N) is 3. The second kappa shape index (κ2) is 5.69. The Morgan fingerprint density at radius 3 is 2.62 bits per heavy atom. The Bertz CT molecular complexity index is 751. The van der Waals surface area contributed by atoms with Crippen molar-refractivity contribution in [2.75, 3.05) is 13.2 Å². The fraction of sp³-hybridized carbons (Fsp3) is 0.267. The standard InChI is InChI=1S/C15H14ClN3O2/c1-19-13(20)9-12(14(16)18-19)10-3-5-11(6-4-10)15-17-7-2-8-21-15/h3-6,9H,2,7-8H2,1H3. The predicted octanol–water partition coefficient (Wildman–Crippen LogP) is 2.27. The Labute approximate surface area is 126 Å². The average Bonchev–Trinajstić information content (AvgIpc) is 2.52. The molecule has 1 aromatic carbocycles. The van der Waals surface area contributed by atoms with E-state index in [1.165, 1.54) is 10.7 Å². The molecule has 21 heavy (non-hydrogen) atoms. The fourth-order valence-corrected chi connectivity index (χ4v) is 2.42. The summed E-state index contributed by atoms with van der Waals surface area (Å²) in [6.45, 7) is 1.49. The fourth-order valence-electron chi connectivity index (χ4n) is 2.14. The van der Waals surface area contributed by atoms with Gasteiger partial charge in [0.1, 0.15) is 0 Å². The summed E-state index contributed by atoms with van der Waals surface area (Å²) in [6, 6.07) is 9.08. The van der Waals surface area contributed by atoms with Crippen LogP contribution in [0.2, 0.25) is 5.15 Å². The Kier molecular flexibility index (Phi) is 3.75. The number of aryl methyl sites for hydroxylation is 1. The van der Waals surface area contributed by atoms with Gasteiger partial charge in [-0.3, -0.25) is 9.79 Å². The molecule has 0 aliphatic carbocycles. The zero-order chi connectivity index (χ0) is 14.8. The van der Waals surface area contributed by atoms with Crippen molar-refractivity contribution in [3.63, 3.8) is 0 Å². The molecule has 108 valence electrons. The first-order chi connectivity index (χ1) is 10.1. The summed E-state index contributed by atoms with van der Waals surface area (Å²) >= 11 is 6.11. The number of aliphatic imine (C=N–C) groups is 1.